The highest BCUT2D eigenvalue weighted by molar-refractivity contribution is 7.18. The summed E-state index contributed by atoms with van der Waals surface area (Å²) in [6, 6.07) is 0. The lowest BCUT2D eigenvalue weighted by molar-refractivity contribution is -0.0379. The smallest absolute Gasteiger partial charge is 0.350 e. The Bertz CT molecular complexity index is 791. The van der Waals surface area contributed by atoms with Gasteiger partial charge in [0, 0.05) is 17.8 Å². The van der Waals surface area contributed by atoms with Crippen LogP contribution in [0.2, 0.25) is 0 Å². The maximum absolute atomic E-state index is 12.3. The first-order chi connectivity index (χ1) is 10.8. The van der Waals surface area contributed by atoms with Gasteiger partial charge in [-0.2, -0.15) is 4.98 Å². The first-order valence-corrected chi connectivity index (χ1v) is 8.69. The summed E-state index contributed by atoms with van der Waals surface area (Å²) in [6.07, 6.45) is 1.66. The maximum Gasteiger partial charge on any atom is 0.350 e. The van der Waals surface area contributed by atoms with Crippen molar-refractivity contribution in [3.05, 3.63) is 20.9 Å². The Morgan fingerprint density at radius 3 is 2.87 bits per heavy atom. The summed E-state index contributed by atoms with van der Waals surface area (Å²) in [5, 5.41) is 0.950. The predicted molar refractivity (Wildman–Crippen MR) is 94.0 cm³/mol. The van der Waals surface area contributed by atoms with Crippen LogP contribution in [0.15, 0.2) is 4.79 Å². The highest BCUT2D eigenvalue weighted by Gasteiger charge is 2.30. The number of rotatable bonds is 4. The Kier molecular flexibility index (Phi) is 4.20. The second-order valence-corrected chi connectivity index (χ2v) is 8.08. The Morgan fingerprint density at radius 2 is 2.17 bits per heavy atom. The zero-order valence-corrected chi connectivity index (χ0v) is 15.0. The summed E-state index contributed by atoms with van der Waals surface area (Å²) < 4.78 is 7.48. The number of nitrogens with zero attached hydrogens (tertiary/aromatic N) is 3. The fourth-order valence-corrected chi connectivity index (χ4v) is 4.13. The van der Waals surface area contributed by atoms with Crippen LogP contribution in [-0.2, 0) is 24.3 Å². The Hall–Kier alpha value is -1.44. The fourth-order valence-electron chi connectivity index (χ4n) is 3.03. The molecule has 0 bridgehead atoms. The van der Waals surface area contributed by atoms with Crippen LogP contribution in [0.5, 0.6) is 0 Å². The van der Waals surface area contributed by atoms with Gasteiger partial charge in [-0.1, -0.05) is 0 Å². The Morgan fingerprint density at radius 1 is 1.43 bits per heavy atom. The minimum atomic E-state index is -0.257. The summed E-state index contributed by atoms with van der Waals surface area (Å²) in [5.74, 6) is 0.550. The molecule has 0 spiro atoms. The van der Waals surface area contributed by atoms with Gasteiger partial charge in [0.15, 0.2) is 0 Å². The number of hydrogen-bond acceptors (Lipinski definition) is 6. The topological polar surface area (TPSA) is 73.4 Å². The van der Waals surface area contributed by atoms with Crippen LogP contribution in [-0.4, -0.2) is 40.7 Å². The monoisotopic (exact) mass is 336 g/mol. The molecule has 0 saturated heterocycles. The van der Waals surface area contributed by atoms with E-state index < -0.39 is 0 Å². The van der Waals surface area contributed by atoms with E-state index in [0.717, 1.165) is 34.5 Å². The molecule has 1 aliphatic heterocycles. The van der Waals surface area contributed by atoms with Gasteiger partial charge >= 0.3 is 5.69 Å². The molecule has 1 aliphatic rings. The van der Waals surface area contributed by atoms with Crippen molar-refractivity contribution in [2.45, 2.75) is 45.4 Å². The van der Waals surface area contributed by atoms with Gasteiger partial charge in [0.05, 0.1) is 17.6 Å². The van der Waals surface area contributed by atoms with Gasteiger partial charge in [0.2, 0.25) is 0 Å². The van der Waals surface area contributed by atoms with Crippen LogP contribution in [0, 0.1) is 0 Å². The van der Waals surface area contributed by atoms with Gasteiger partial charge in [-0.05, 0) is 46.5 Å². The van der Waals surface area contributed by atoms with Crippen LogP contribution in [0.1, 0.15) is 30.7 Å². The molecule has 2 aromatic heterocycles. The molecule has 3 rings (SSSR count). The molecule has 0 unspecified atom stereocenters. The van der Waals surface area contributed by atoms with E-state index in [-0.39, 0.29) is 11.3 Å². The quantitative estimate of drug-likeness (QED) is 0.922. The molecule has 6 nitrogen and oxygen atoms in total. The second kappa shape index (κ2) is 5.89. The molecule has 2 N–H and O–H groups in total. The fraction of sp³-hybridized carbons (Fsp3) is 0.625. The van der Waals surface area contributed by atoms with Crippen LogP contribution in [0.25, 0.3) is 10.2 Å². The van der Waals surface area contributed by atoms with Gasteiger partial charge in [0.1, 0.15) is 10.6 Å². The zero-order valence-electron chi connectivity index (χ0n) is 14.2. The number of aromatic nitrogens is 2. The summed E-state index contributed by atoms with van der Waals surface area (Å²) in [4.78, 5) is 20.5. The van der Waals surface area contributed by atoms with Crippen molar-refractivity contribution in [3.8, 4) is 0 Å². The van der Waals surface area contributed by atoms with E-state index in [9.17, 15) is 4.79 Å². The average molecular weight is 336 g/mol. The summed E-state index contributed by atoms with van der Waals surface area (Å²) >= 11 is 1.53. The number of nitrogens with two attached hydrogens (primary N) is 1. The summed E-state index contributed by atoms with van der Waals surface area (Å²) in [6.45, 7) is 6.23. The normalized spacial score (nSPS) is 16.9. The maximum atomic E-state index is 12.3. The standard InChI is InChI=1S/C16H24N4O2S/c1-16(2)8-10-11(9-22-16)23-14-12(10)13(17)20(15(21)18-14)7-5-6-19(3)4/h5-9,17H2,1-4H3. The molecule has 126 valence electrons. The molecule has 0 radical (unpaired) electrons. The number of nitrogen functional groups attached to an aromatic ring is 1. The molecule has 0 aromatic carbocycles. The van der Waals surface area contributed by atoms with Crippen LogP contribution < -0.4 is 11.4 Å². The van der Waals surface area contributed by atoms with E-state index in [2.05, 4.69) is 23.7 Å². The number of ether oxygens (including phenoxy) is 1. The molecular weight excluding hydrogens is 312 g/mol. The zero-order chi connectivity index (χ0) is 16.8. The number of thiophene rings is 1. The predicted octanol–water partition coefficient (Wildman–Crippen LogP) is 1.84. The lowest BCUT2D eigenvalue weighted by atomic mass is 9.94. The van der Waals surface area contributed by atoms with Crippen LogP contribution in [0.4, 0.5) is 5.82 Å². The van der Waals surface area contributed by atoms with E-state index >= 15 is 0 Å². The third-order valence-corrected chi connectivity index (χ3v) is 5.33. The van der Waals surface area contributed by atoms with Crippen molar-refractivity contribution in [1.82, 2.24) is 14.5 Å². The molecule has 0 amide bonds. The van der Waals surface area contributed by atoms with Crippen molar-refractivity contribution < 1.29 is 4.74 Å². The summed E-state index contributed by atoms with van der Waals surface area (Å²) in [5.41, 5.74) is 7.10. The molecule has 0 fully saturated rings. The Labute approximate surface area is 139 Å². The van der Waals surface area contributed by atoms with Crippen LogP contribution in [0.3, 0.4) is 0 Å². The molecule has 2 aromatic rings. The second-order valence-electron chi connectivity index (χ2n) is 7.00. The highest BCUT2D eigenvalue weighted by atomic mass is 32.1. The van der Waals surface area contributed by atoms with Gasteiger partial charge in [-0.25, -0.2) is 4.79 Å². The lowest BCUT2D eigenvalue weighted by Gasteiger charge is -2.30. The molecule has 0 aliphatic carbocycles. The van der Waals surface area contributed by atoms with E-state index in [0.29, 0.717) is 19.0 Å². The number of hydrogen-bond donors (Lipinski definition) is 1. The Balaban J connectivity index is 2.05. The molecule has 23 heavy (non-hydrogen) atoms. The van der Waals surface area contributed by atoms with Gasteiger partial charge in [-0.3, -0.25) is 4.57 Å². The SMILES string of the molecule is CN(C)CCCn1c(N)c2c3c(sc2nc1=O)COC(C)(C)C3. The number of fused-ring (bicyclic) bond motifs is 3. The van der Waals surface area contributed by atoms with Gasteiger partial charge in [-0.15, -0.1) is 11.3 Å². The largest absolute Gasteiger partial charge is 0.384 e. The van der Waals surface area contributed by atoms with Crippen molar-refractivity contribution in [3.63, 3.8) is 0 Å². The molecule has 7 heteroatoms. The molecule has 3 heterocycles. The van der Waals surface area contributed by atoms with E-state index in [1.807, 2.05) is 14.1 Å². The number of anilines is 1. The first kappa shape index (κ1) is 16.4. The lowest BCUT2D eigenvalue weighted by Crippen LogP contribution is -2.31. The van der Waals surface area contributed by atoms with Crippen molar-refractivity contribution in [1.29, 1.82) is 0 Å². The molecule has 0 atom stereocenters. The first-order valence-electron chi connectivity index (χ1n) is 7.88. The van der Waals surface area contributed by atoms with Crippen molar-refractivity contribution in [2.24, 2.45) is 0 Å². The molecule has 0 saturated carbocycles. The minimum absolute atomic E-state index is 0.209. The average Bonchev–Trinajstić information content (AvgIpc) is 2.78. The van der Waals surface area contributed by atoms with Crippen molar-refractivity contribution in [2.75, 3.05) is 26.4 Å². The highest BCUT2D eigenvalue weighted by Crippen LogP contribution is 2.39. The van der Waals surface area contributed by atoms with Gasteiger partial charge < -0.3 is 15.4 Å². The summed E-state index contributed by atoms with van der Waals surface area (Å²) in [7, 11) is 4.04. The van der Waals surface area contributed by atoms with E-state index in [4.69, 9.17) is 10.5 Å². The molecular formula is C16H24N4O2S. The van der Waals surface area contributed by atoms with E-state index in [1.54, 1.807) is 4.57 Å². The third kappa shape index (κ3) is 3.13. The van der Waals surface area contributed by atoms with Crippen molar-refractivity contribution >= 4 is 27.4 Å². The van der Waals surface area contributed by atoms with E-state index in [1.165, 1.54) is 16.9 Å². The minimum Gasteiger partial charge on any atom is -0.384 e. The van der Waals surface area contributed by atoms with Crippen LogP contribution >= 0.6 is 11.3 Å². The van der Waals surface area contributed by atoms with Gasteiger partial charge in [0.25, 0.3) is 0 Å². The third-order valence-electron chi connectivity index (χ3n) is 4.23.